The lowest BCUT2D eigenvalue weighted by Gasteiger charge is -2.43. The molecule has 4 rings (SSSR count). The fourth-order valence-electron chi connectivity index (χ4n) is 5.20. The van der Waals surface area contributed by atoms with Crippen molar-refractivity contribution in [3.8, 4) is 17.5 Å². The van der Waals surface area contributed by atoms with Crippen molar-refractivity contribution in [1.82, 2.24) is 14.6 Å². The van der Waals surface area contributed by atoms with E-state index in [-0.39, 0.29) is 24.1 Å². The van der Waals surface area contributed by atoms with Crippen LogP contribution in [0.15, 0.2) is 36.7 Å². The molecule has 1 amide bonds. The van der Waals surface area contributed by atoms with E-state index in [1.165, 1.54) is 26.2 Å². The van der Waals surface area contributed by atoms with Crippen LogP contribution < -0.4 is 10.6 Å². The number of fused-ring (bicyclic) bond motifs is 1. The van der Waals surface area contributed by atoms with Crippen LogP contribution in [0.1, 0.15) is 69.3 Å². The maximum Gasteiger partial charge on any atom is 0.252 e. The van der Waals surface area contributed by atoms with Gasteiger partial charge in [0.25, 0.3) is 5.91 Å². The molecule has 0 aliphatic heterocycles. The van der Waals surface area contributed by atoms with E-state index in [2.05, 4.69) is 16.2 Å². The average molecular weight is 523 g/mol. The summed E-state index contributed by atoms with van der Waals surface area (Å²) in [4.78, 5) is 18.8. The quantitative estimate of drug-likeness (QED) is 0.410. The highest BCUT2D eigenvalue weighted by atomic mass is 19.1. The zero-order valence-corrected chi connectivity index (χ0v) is 22.2. The third-order valence-electron chi connectivity index (χ3n) is 7.61. The van der Waals surface area contributed by atoms with Gasteiger partial charge in [0.05, 0.1) is 57.7 Å². The number of hydrogen-bond acceptors (Lipinski definition) is 7. The Morgan fingerprint density at radius 3 is 2.47 bits per heavy atom. The first-order valence-electron chi connectivity index (χ1n) is 12.8. The monoisotopic (exact) mass is 522 g/mol. The van der Waals surface area contributed by atoms with Crippen molar-refractivity contribution in [2.24, 2.45) is 11.7 Å². The molecule has 0 radical (unpaired) electrons. The maximum absolute atomic E-state index is 15.3. The Kier molecular flexibility index (Phi) is 7.46. The Hall–Kier alpha value is -3.55. The minimum atomic E-state index is -1.60. The number of amides is 1. The summed E-state index contributed by atoms with van der Waals surface area (Å²) in [6.45, 7) is 6.29. The Morgan fingerprint density at radius 2 is 1.89 bits per heavy atom. The number of halogens is 1. The molecule has 38 heavy (non-hydrogen) atoms. The fraction of sp³-hybridized carbons (Fsp3) is 0.500. The normalized spacial score (nSPS) is 19.2. The number of aliphatic hydroxyl groups is 2. The third kappa shape index (κ3) is 5.64. The molecule has 1 aliphatic rings. The third-order valence-corrected chi connectivity index (χ3v) is 7.61. The number of carbonyl (C=O) groups excluding carboxylic acids is 1. The van der Waals surface area contributed by atoms with Gasteiger partial charge in [-0.25, -0.2) is 8.91 Å². The van der Waals surface area contributed by atoms with Crippen molar-refractivity contribution < 1.29 is 19.4 Å². The van der Waals surface area contributed by atoms with Crippen LogP contribution in [-0.2, 0) is 0 Å². The first kappa shape index (κ1) is 27.5. The minimum absolute atomic E-state index is 0.108. The summed E-state index contributed by atoms with van der Waals surface area (Å²) in [5.41, 5.74) is 6.17. The van der Waals surface area contributed by atoms with Crippen LogP contribution in [0.25, 0.3) is 16.9 Å². The molecule has 4 N–H and O–H groups in total. The standard InChI is InChI=1S/C28H35FN6O3/c1-27(2,37)18-5-7-19(8-6-18)34(16-25(29)28(3,4)38)24-12-22(32-15-21(24)26(31)36)23-10-9-20-11-17(13-30)14-33-35(20)23/h9-12,14-15,18-19,25,37-38H,5-8,16H2,1-4H3,(H2,31,36)/t18?,19?,25-/m1/s1. The molecule has 3 aromatic rings. The molecule has 1 atom stereocenters. The Bertz CT molecular complexity index is 1360. The van der Waals surface area contributed by atoms with E-state index in [1.807, 2.05) is 17.0 Å². The number of alkyl halides is 1. The highest BCUT2D eigenvalue weighted by Crippen LogP contribution is 2.38. The zero-order chi connectivity index (χ0) is 27.8. The summed E-state index contributed by atoms with van der Waals surface area (Å²) in [7, 11) is 0. The van der Waals surface area contributed by atoms with Gasteiger partial charge in [0, 0.05) is 12.2 Å². The van der Waals surface area contributed by atoms with Crippen molar-refractivity contribution in [3.05, 3.63) is 47.8 Å². The number of aromatic nitrogens is 3. The van der Waals surface area contributed by atoms with Gasteiger partial charge in [-0.2, -0.15) is 10.4 Å². The second-order valence-electron chi connectivity index (χ2n) is 11.3. The summed E-state index contributed by atoms with van der Waals surface area (Å²) in [6, 6.07) is 8.98. The zero-order valence-electron chi connectivity index (χ0n) is 22.2. The second kappa shape index (κ2) is 10.3. The van der Waals surface area contributed by atoms with Crippen LogP contribution in [0.4, 0.5) is 10.1 Å². The first-order chi connectivity index (χ1) is 17.8. The van der Waals surface area contributed by atoms with Gasteiger partial charge in [0.2, 0.25) is 0 Å². The average Bonchev–Trinajstić information content (AvgIpc) is 3.29. The van der Waals surface area contributed by atoms with E-state index in [9.17, 15) is 20.3 Å². The van der Waals surface area contributed by atoms with Crippen molar-refractivity contribution in [2.45, 2.75) is 76.8 Å². The molecule has 10 heteroatoms. The first-order valence-corrected chi connectivity index (χ1v) is 12.8. The minimum Gasteiger partial charge on any atom is -0.390 e. The molecule has 3 aromatic heterocycles. The van der Waals surface area contributed by atoms with Gasteiger partial charge in [0.15, 0.2) is 0 Å². The number of anilines is 1. The highest BCUT2D eigenvalue weighted by molar-refractivity contribution is 5.99. The van der Waals surface area contributed by atoms with E-state index in [1.54, 1.807) is 30.5 Å². The van der Waals surface area contributed by atoms with Crippen LogP contribution >= 0.6 is 0 Å². The lowest BCUT2D eigenvalue weighted by Crippen LogP contribution is -2.49. The van der Waals surface area contributed by atoms with Crippen LogP contribution in [-0.4, -0.2) is 60.7 Å². The number of hydrogen-bond donors (Lipinski definition) is 3. The van der Waals surface area contributed by atoms with E-state index in [4.69, 9.17) is 5.73 Å². The number of carbonyl (C=O) groups is 1. The molecule has 1 saturated carbocycles. The maximum atomic E-state index is 15.3. The summed E-state index contributed by atoms with van der Waals surface area (Å²) in [5.74, 6) is -0.583. The predicted molar refractivity (Wildman–Crippen MR) is 142 cm³/mol. The molecule has 202 valence electrons. The molecular formula is C28H35FN6O3. The van der Waals surface area contributed by atoms with E-state index < -0.39 is 23.3 Å². The molecule has 9 nitrogen and oxygen atoms in total. The summed E-state index contributed by atoms with van der Waals surface area (Å²) >= 11 is 0. The Labute approximate surface area is 221 Å². The van der Waals surface area contributed by atoms with Gasteiger partial charge in [-0.15, -0.1) is 0 Å². The van der Waals surface area contributed by atoms with Crippen LogP contribution in [0, 0.1) is 17.2 Å². The summed E-state index contributed by atoms with van der Waals surface area (Å²) < 4.78 is 17.0. The van der Waals surface area contributed by atoms with Gasteiger partial charge in [-0.05, 0) is 83.6 Å². The predicted octanol–water partition coefficient (Wildman–Crippen LogP) is 3.61. The van der Waals surface area contributed by atoms with Crippen molar-refractivity contribution in [1.29, 1.82) is 5.26 Å². The number of rotatable bonds is 8. The number of nitrogens with two attached hydrogens (primary N) is 1. The molecule has 1 fully saturated rings. The van der Waals surface area contributed by atoms with Crippen molar-refractivity contribution in [3.63, 3.8) is 0 Å². The number of pyridine rings is 1. The topological polar surface area (TPSA) is 141 Å². The molecular weight excluding hydrogens is 487 g/mol. The molecule has 1 aliphatic carbocycles. The largest absolute Gasteiger partial charge is 0.390 e. The van der Waals surface area contributed by atoms with Crippen LogP contribution in [0.3, 0.4) is 0 Å². The smallest absolute Gasteiger partial charge is 0.252 e. The van der Waals surface area contributed by atoms with Gasteiger partial charge < -0.3 is 20.8 Å². The van der Waals surface area contributed by atoms with Crippen LogP contribution in [0.2, 0.25) is 0 Å². The van der Waals surface area contributed by atoms with Gasteiger partial charge in [-0.1, -0.05) is 0 Å². The van der Waals surface area contributed by atoms with Crippen molar-refractivity contribution >= 4 is 17.1 Å². The molecule has 0 unspecified atom stereocenters. The fourth-order valence-corrected chi connectivity index (χ4v) is 5.20. The molecule has 0 bridgehead atoms. The number of nitrogens with zero attached hydrogens (tertiary/aromatic N) is 5. The SMILES string of the molecule is CC(C)(O)C1CCC(N(C[C@@H](F)C(C)(C)O)c2cc(-c3ccc4cc(C#N)cnn34)ncc2C(N)=O)CC1. The molecule has 0 spiro atoms. The lowest BCUT2D eigenvalue weighted by atomic mass is 9.76. The number of nitriles is 1. The lowest BCUT2D eigenvalue weighted by molar-refractivity contribution is -0.00704. The van der Waals surface area contributed by atoms with Gasteiger partial charge in [0.1, 0.15) is 12.2 Å². The summed E-state index contributed by atoms with van der Waals surface area (Å²) in [6.07, 6.45) is 4.07. The van der Waals surface area contributed by atoms with Gasteiger partial charge in [-0.3, -0.25) is 9.78 Å². The molecule has 3 heterocycles. The van der Waals surface area contributed by atoms with E-state index in [0.717, 1.165) is 12.8 Å². The molecule has 0 saturated heterocycles. The highest BCUT2D eigenvalue weighted by Gasteiger charge is 2.37. The van der Waals surface area contributed by atoms with Gasteiger partial charge >= 0.3 is 0 Å². The van der Waals surface area contributed by atoms with E-state index in [0.29, 0.717) is 41.0 Å². The van der Waals surface area contributed by atoms with E-state index >= 15 is 4.39 Å². The molecule has 0 aromatic carbocycles. The van der Waals surface area contributed by atoms with Crippen molar-refractivity contribution in [2.75, 3.05) is 11.4 Å². The second-order valence-corrected chi connectivity index (χ2v) is 11.3. The summed E-state index contributed by atoms with van der Waals surface area (Å²) in [5, 5.41) is 34.5. The van der Waals surface area contributed by atoms with Crippen LogP contribution in [0.5, 0.6) is 0 Å². The Morgan fingerprint density at radius 1 is 1.21 bits per heavy atom. The number of primary amides is 1. The Balaban J connectivity index is 1.79.